The third kappa shape index (κ3) is 25.6. The van der Waals surface area contributed by atoms with Crippen molar-refractivity contribution in [2.75, 3.05) is 0 Å². The highest BCUT2D eigenvalue weighted by atomic mass is 16.3. The summed E-state index contributed by atoms with van der Waals surface area (Å²) in [5, 5.41) is 9.45. The molecule has 0 aromatic carbocycles. The number of carbonyl (C=O) groups excluding carboxylic acids is 1. The van der Waals surface area contributed by atoms with E-state index in [1.807, 2.05) is 0 Å². The fraction of sp³-hybridized carbons (Fsp3) is 0.963. The Labute approximate surface area is 183 Å². The van der Waals surface area contributed by atoms with Crippen molar-refractivity contribution >= 4 is 6.29 Å². The summed E-state index contributed by atoms with van der Waals surface area (Å²) < 4.78 is 0. The van der Waals surface area contributed by atoms with Crippen molar-refractivity contribution in [3.63, 3.8) is 0 Å². The molecular weight excluding hydrogens is 356 g/mol. The van der Waals surface area contributed by atoms with Crippen molar-refractivity contribution in [2.45, 2.75) is 167 Å². The molecule has 1 atom stereocenters. The van der Waals surface area contributed by atoms with Gasteiger partial charge in [0, 0.05) is 6.42 Å². The first-order chi connectivity index (χ1) is 14.3. The van der Waals surface area contributed by atoms with Gasteiger partial charge in [-0.1, -0.05) is 148 Å². The second-order valence-corrected chi connectivity index (χ2v) is 9.22. The number of hydrogen-bond acceptors (Lipinski definition) is 2. The van der Waals surface area contributed by atoms with Crippen LogP contribution in [-0.2, 0) is 4.79 Å². The Morgan fingerprint density at radius 2 is 0.793 bits per heavy atom. The Hall–Kier alpha value is -0.370. The van der Waals surface area contributed by atoms with E-state index in [0.717, 1.165) is 12.8 Å². The zero-order chi connectivity index (χ0) is 21.3. The molecule has 0 saturated heterocycles. The summed E-state index contributed by atoms with van der Waals surface area (Å²) in [6.45, 7) is 2.29. The first-order valence-electron chi connectivity index (χ1n) is 13.3. The van der Waals surface area contributed by atoms with Crippen molar-refractivity contribution in [3.8, 4) is 0 Å². The quantitative estimate of drug-likeness (QED) is 0.153. The molecule has 2 heteroatoms. The van der Waals surface area contributed by atoms with Crippen LogP contribution in [0.3, 0.4) is 0 Å². The van der Waals surface area contributed by atoms with E-state index in [2.05, 4.69) is 6.92 Å². The average Bonchev–Trinajstić information content (AvgIpc) is 2.72. The molecule has 0 fully saturated rings. The molecule has 0 rings (SSSR count). The molecule has 0 aromatic rings. The van der Waals surface area contributed by atoms with Crippen molar-refractivity contribution in [2.24, 2.45) is 0 Å². The van der Waals surface area contributed by atoms with Gasteiger partial charge in [-0.15, -0.1) is 0 Å². The minimum absolute atomic E-state index is 0.180. The van der Waals surface area contributed by atoms with Crippen molar-refractivity contribution < 1.29 is 9.90 Å². The number of unbranched alkanes of at least 4 members (excludes halogenated alkanes) is 21. The van der Waals surface area contributed by atoms with Crippen LogP contribution in [0.1, 0.15) is 161 Å². The summed E-state index contributed by atoms with van der Waals surface area (Å²) >= 11 is 0. The lowest BCUT2D eigenvalue weighted by molar-refractivity contribution is 0.167. The van der Waals surface area contributed by atoms with Crippen LogP contribution in [-0.4, -0.2) is 17.5 Å². The molecule has 1 unspecified atom stereocenters. The van der Waals surface area contributed by atoms with Gasteiger partial charge in [0.2, 0.25) is 6.29 Å². The molecule has 2 nitrogen and oxygen atoms in total. The smallest absolute Gasteiger partial charge is 0.201 e. The van der Waals surface area contributed by atoms with Crippen LogP contribution < -0.4 is 0 Å². The van der Waals surface area contributed by atoms with Gasteiger partial charge < -0.3 is 5.11 Å². The molecule has 1 N–H and O–H groups in total. The minimum Gasteiger partial charge on any atom is -0.393 e. The molecule has 0 amide bonds. The van der Waals surface area contributed by atoms with Gasteiger partial charge in [0.05, 0.1) is 6.10 Å². The second-order valence-electron chi connectivity index (χ2n) is 9.22. The Kier molecular flexibility index (Phi) is 25.3. The Balaban J connectivity index is 3.02. The van der Waals surface area contributed by atoms with Gasteiger partial charge in [-0.25, -0.2) is 0 Å². The lowest BCUT2D eigenvalue weighted by Gasteiger charge is -2.06. The van der Waals surface area contributed by atoms with E-state index in [4.69, 9.17) is 0 Å². The van der Waals surface area contributed by atoms with Gasteiger partial charge in [-0.05, 0) is 6.42 Å². The molecule has 0 aromatic heterocycles. The fourth-order valence-electron chi connectivity index (χ4n) is 4.19. The largest absolute Gasteiger partial charge is 0.393 e. The maximum atomic E-state index is 10.2. The Bertz CT molecular complexity index is 303. The van der Waals surface area contributed by atoms with Crippen molar-refractivity contribution in [1.82, 2.24) is 0 Å². The lowest BCUT2D eigenvalue weighted by Crippen LogP contribution is -2.06. The molecule has 1 radical (unpaired) electrons. The predicted octanol–water partition coefficient (Wildman–Crippen LogP) is 8.84. The van der Waals surface area contributed by atoms with Crippen LogP contribution in [0, 0.1) is 0 Å². The predicted molar refractivity (Wildman–Crippen MR) is 128 cm³/mol. The highest BCUT2D eigenvalue weighted by Gasteiger charge is 2.02. The summed E-state index contributed by atoms with van der Waals surface area (Å²) in [5.74, 6) is 0. The van der Waals surface area contributed by atoms with Gasteiger partial charge in [-0.3, -0.25) is 4.79 Å². The number of hydrogen-bond donors (Lipinski definition) is 1. The van der Waals surface area contributed by atoms with E-state index in [1.54, 1.807) is 6.29 Å². The Morgan fingerprint density at radius 1 is 0.517 bits per heavy atom. The van der Waals surface area contributed by atoms with Crippen molar-refractivity contribution in [1.29, 1.82) is 0 Å². The summed E-state index contributed by atoms with van der Waals surface area (Å²) in [6.07, 6.45) is 32.9. The molecule has 0 saturated carbocycles. The van der Waals surface area contributed by atoms with Crippen LogP contribution >= 0.6 is 0 Å². The SMILES string of the molecule is CCCCCCCCCCCCCCCCCCCCCCCCC(O)C[C]=O. The van der Waals surface area contributed by atoms with Gasteiger partial charge in [0.1, 0.15) is 0 Å². The van der Waals surface area contributed by atoms with Gasteiger partial charge in [0.25, 0.3) is 0 Å². The van der Waals surface area contributed by atoms with E-state index in [0.29, 0.717) is 0 Å². The summed E-state index contributed by atoms with van der Waals surface area (Å²) in [7, 11) is 0. The first-order valence-corrected chi connectivity index (χ1v) is 13.3. The van der Waals surface area contributed by atoms with E-state index in [1.165, 1.54) is 135 Å². The molecule has 29 heavy (non-hydrogen) atoms. The molecule has 0 aliphatic carbocycles. The third-order valence-electron chi connectivity index (χ3n) is 6.21. The zero-order valence-corrected chi connectivity index (χ0v) is 19.9. The standard InChI is InChI=1S/C27H53O2/c1-2-3-4-5-6-7-8-9-10-11-12-13-14-15-16-17-18-19-20-21-22-23-24-27(29)25-26-28/h27,29H,2-25H2,1H3. The molecule has 173 valence electrons. The van der Waals surface area contributed by atoms with Crippen LogP contribution in [0.5, 0.6) is 0 Å². The van der Waals surface area contributed by atoms with E-state index < -0.39 is 6.10 Å². The van der Waals surface area contributed by atoms with E-state index >= 15 is 0 Å². The Morgan fingerprint density at radius 3 is 1.07 bits per heavy atom. The molecular formula is C27H53O2. The third-order valence-corrected chi connectivity index (χ3v) is 6.21. The van der Waals surface area contributed by atoms with Crippen LogP contribution in [0.25, 0.3) is 0 Å². The normalized spacial score (nSPS) is 12.3. The fourth-order valence-corrected chi connectivity index (χ4v) is 4.19. The maximum absolute atomic E-state index is 10.2. The molecule has 0 bridgehead atoms. The first kappa shape index (κ1) is 28.6. The van der Waals surface area contributed by atoms with E-state index in [9.17, 15) is 9.90 Å². The summed E-state index contributed by atoms with van der Waals surface area (Å²) in [4.78, 5) is 10.2. The second kappa shape index (κ2) is 25.7. The number of aliphatic hydroxyl groups excluding tert-OH is 1. The number of aliphatic hydroxyl groups is 1. The minimum atomic E-state index is -0.461. The summed E-state index contributed by atoms with van der Waals surface area (Å²) in [5.41, 5.74) is 0. The number of rotatable bonds is 25. The topological polar surface area (TPSA) is 37.3 Å². The summed E-state index contributed by atoms with van der Waals surface area (Å²) in [6, 6.07) is 0. The van der Waals surface area contributed by atoms with Crippen molar-refractivity contribution in [3.05, 3.63) is 0 Å². The highest BCUT2D eigenvalue weighted by molar-refractivity contribution is 5.51. The average molecular weight is 410 g/mol. The molecule has 0 heterocycles. The zero-order valence-electron chi connectivity index (χ0n) is 19.9. The van der Waals surface area contributed by atoms with Crippen LogP contribution in [0.2, 0.25) is 0 Å². The van der Waals surface area contributed by atoms with Gasteiger partial charge in [-0.2, -0.15) is 0 Å². The van der Waals surface area contributed by atoms with Gasteiger partial charge >= 0.3 is 0 Å². The van der Waals surface area contributed by atoms with Gasteiger partial charge in [0.15, 0.2) is 0 Å². The van der Waals surface area contributed by atoms with Crippen LogP contribution in [0.4, 0.5) is 0 Å². The maximum Gasteiger partial charge on any atom is 0.201 e. The molecule has 0 aliphatic heterocycles. The molecule has 0 aliphatic rings. The highest BCUT2D eigenvalue weighted by Crippen LogP contribution is 2.15. The lowest BCUT2D eigenvalue weighted by atomic mass is 10.0. The van der Waals surface area contributed by atoms with Crippen LogP contribution in [0.15, 0.2) is 0 Å². The van der Waals surface area contributed by atoms with E-state index in [-0.39, 0.29) is 6.42 Å². The molecule has 0 spiro atoms. The monoisotopic (exact) mass is 409 g/mol.